The molecule has 0 saturated heterocycles. The second kappa shape index (κ2) is 5.61. The van der Waals surface area contributed by atoms with Gasteiger partial charge in [0.05, 0.1) is 6.04 Å². The van der Waals surface area contributed by atoms with E-state index in [2.05, 4.69) is 77.6 Å². The molecule has 2 heteroatoms. The molecule has 1 nitrogen and oxygen atoms in total. The topological polar surface area (TPSA) is 12.0 Å². The molecule has 1 N–H and O–H groups in total. The molecule has 2 aromatic rings. The monoisotopic (exact) mass is 329 g/mol. The molecule has 0 saturated carbocycles. The average molecular weight is 330 g/mol. The lowest BCUT2D eigenvalue weighted by molar-refractivity contribution is 0.534. The minimum absolute atomic E-state index is 0.418. The normalized spacial score (nSPS) is 21.4. The number of hydrogen-bond donors (Lipinski definition) is 1. The molecule has 0 heterocycles. The summed E-state index contributed by atoms with van der Waals surface area (Å²) in [6.45, 7) is 4.45. The Hall–Kier alpha value is -1.28. The maximum absolute atomic E-state index is 3.71. The van der Waals surface area contributed by atoms with Crippen molar-refractivity contribution in [1.29, 1.82) is 0 Å². The fourth-order valence-electron chi connectivity index (χ4n) is 3.08. The number of anilines is 1. The number of aryl methyl sites for hydroxylation is 1. The summed E-state index contributed by atoms with van der Waals surface area (Å²) in [5.74, 6) is 0.672. The number of rotatable bonds is 2. The Labute approximate surface area is 129 Å². The molecule has 0 radical (unpaired) electrons. The molecular weight excluding hydrogens is 310 g/mol. The van der Waals surface area contributed by atoms with E-state index in [0.29, 0.717) is 12.0 Å². The first-order chi connectivity index (χ1) is 9.65. The summed E-state index contributed by atoms with van der Waals surface area (Å²) in [7, 11) is 0. The standard InChI is InChI=1S/C18H20BrN/c1-12-7-9-18(16(19)11-12)20-17-10-8-13(2)14-5-3-4-6-15(14)17/h3-7,9,11,13,17,20H,8,10H2,1-2H3. The Morgan fingerprint density at radius 2 is 1.80 bits per heavy atom. The van der Waals surface area contributed by atoms with Gasteiger partial charge in [0.15, 0.2) is 0 Å². The average Bonchev–Trinajstić information content (AvgIpc) is 2.45. The van der Waals surface area contributed by atoms with Crippen molar-refractivity contribution in [1.82, 2.24) is 0 Å². The van der Waals surface area contributed by atoms with Crippen LogP contribution in [0, 0.1) is 6.92 Å². The third-order valence-corrected chi connectivity index (χ3v) is 4.90. The fourth-order valence-corrected chi connectivity index (χ4v) is 3.69. The Morgan fingerprint density at radius 3 is 2.55 bits per heavy atom. The highest BCUT2D eigenvalue weighted by Gasteiger charge is 2.24. The molecule has 1 aliphatic carbocycles. The van der Waals surface area contributed by atoms with Crippen molar-refractivity contribution in [2.75, 3.05) is 5.32 Å². The van der Waals surface area contributed by atoms with E-state index >= 15 is 0 Å². The molecule has 0 bridgehead atoms. The largest absolute Gasteiger partial charge is 0.377 e. The summed E-state index contributed by atoms with van der Waals surface area (Å²) in [5, 5.41) is 3.71. The van der Waals surface area contributed by atoms with E-state index in [1.54, 1.807) is 0 Å². The second-order valence-electron chi connectivity index (χ2n) is 5.79. The molecule has 2 unspecified atom stereocenters. The molecule has 104 valence electrons. The molecule has 2 aromatic carbocycles. The van der Waals surface area contributed by atoms with Gasteiger partial charge in [-0.25, -0.2) is 0 Å². The van der Waals surface area contributed by atoms with Gasteiger partial charge in [-0.15, -0.1) is 0 Å². The van der Waals surface area contributed by atoms with Gasteiger partial charge in [-0.3, -0.25) is 0 Å². The first-order valence-electron chi connectivity index (χ1n) is 7.26. The van der Waals surface area contributed by atoms with Gasteiger partial charge in [0.1, 0.15) is 0 Å². The fraction of sp³-hybridized carbons (Fsp3) is 0.333. The van der Waals surface area contributed by atoms with Gasteiger partial charge in [0, 0.05) is 10.2 Å². The van der Waals surface area contributed by atoms with Crippen LogP contribution in [0.1, 0.15) is 48.4 Å². The van der Waals surface area contributed by atoms with Crippen LogP contribution in [0.15, 0.2) is 46.9 Å². The molecule has 0 aromatic heterocycles. The van der Waals surface area contributed by atoms with Crippen molar-refractivity contribution in [2.24, 2.45) is 0 Å². The van der Waals surface area contributed by atoms with Gasteiger partial charge in [-0.1, -0.05) is 37.3 Å². The Kier molecular flexibility index (Phi) is 3.84. The molecule has 0 spiro atoms. The third-order valence-electron chi connectivity index (χ3n) is 4.25. The highest BCUT2D eigenvalue weighted by molar-refractivity contribution is 9.10. The maximum atomic E-state index is 3.71. The minimum Gasteiger partial charge on any atom is -0.377 e. The molecule has 0 aliphatic heterocycles. The van der Waals surface area contributed by atoms with Crippen LogP contribution in [0.3, 0.4) is 0 Å². The molecule has 2 atom stereocenters. The van der Waals surface area contributed by atoms with Crippen molar-refractivity contribution in [3.8, 4) is 0 Å². The lowest BCUT2D eigenvalue weighted by Crippen LogP contribution is -2.19. The first kappa shape index (κ1) is 13.7. The van der Waals surface area contributed by atoms with Gasteiger partial charge in [0.2, 0.25) is 0 Å². The quantitative estimate of drug-likeness (QED) is 0.733. The van der Waals surface area contributed by atoms with Crippen molar-refractivity contribution in [3.63, 3.8) is 0 Å². The number of hydrogen-bond acceptors (Lipinski definition) is 1. The number of fused-ring (bicyclic) bond motifs is 1. The minimum atomic E-state index is 0.418. The Bertz CT molecular complexity index is 621. The van der Waals surface area contributed by atoms with Gasteiger partial charge in [-0.05, 0) is 70.4 Å². The highest BCUT2D eigenvalue weighted by atomic mass is 79.9. The predicted octanol–water partition coefficient (Wildman–Crippen LogP) is 5.81. The van der Waals surface area contributed by atoms with Gasteiger partial charge in [-0.2, -0.15) is 0 Å². The van der Waals surface area contributed by atoms with Gasteiger partial charge >= 0.3 is 0 Å². The van der Waals surface area contributed by atoms with Crippen LogP contribution >= 0.6 is 15.9 Å². The summed E-state index contributed by atoms with van der Waals surface area (Å²) < 4.78 is 1.15. The molecular formula is C18H20BrN. The van der Waals surface area contributed by atoms with Crippen LogP contribution in [0.25, 0.3) is 0 Å². The van der Waals surface area contributed by atoms with Gasteiger partial charge < -0.3 is 5.32 Å². The summed E-state index contributed by atoms with van der Waals surface area (Å²) in [6.07, 6.45) is 2.44. The Morgan fingerprint density at radius 1 is 1.05 bits per heavy atom. The van der Waals surface area contributed by atoms with Crippen molar-refractivity contribution in [2.45, 2.75) is 38.6 Å². The molecule has 20 heavy (non-hydrogen) atoms. The van der Waals surface area contributed by atoms with E-state index < -0.39 is 0 Å². The van der Waals surface area contributed by atoms with E-state index in [4.69, 9.17) is 0 Å². The van der Waals surface area contributed by atoms with Crippen LogP contribution in [-0.4, -0.2) is 0 Å². The molecule has 0 fully saturated rings. The molecule has 3 rings (SSSR count). The van der Waals surface area contributed by atoms with E-state index in [0.717, 1.165) is 4.47 Å². The predicted molar refractivity (Wildman–Crippen MR) is 89.3 cm³/mol. The van der Waals surface area contributed by atoms with Crippen LogP contribution in [0.5, 0.6) is 0 Å². The zero-order valence-electron chi connectivity index (χ0n) is 12.0. The van der Waals surface area contributed by atoms with E-state index in [9.17, 15) is 0 Å². The van der Waals surface area contributed by atoms with Crippen LogP contribution in [0.2, 0.25) is 0 Å². The van der Waals surface area contributed by atoms with Gasteiger partial charge in [0.25, 0.3) is 0 Å². The van der Waals surface area contributed by atoms with Crippen LogP contribution in [-0.2, 0) is 0 Å². The lowest BCUT2D eigenvalue weighted by atomic mass is 9.81. The summed E-state index contributed by atoms with van der Waals surface area (Å²) in [4.78, 5) is 0. The summed E-state index contributed by atoms with van der Waals surface area (Å²) in [5.41, 5.74) is 5.42. The zero-order chi connectivity index (χ0) is 14.1. The summed E-state index contributed by atoms with van der Waals surface area (Å²) >= 11 is 3.66. The first-order valence-corrected chi connectivity index (χ1v) is 8.06. The number of nitrogens with one attached hydrogen (secondary N) is 1. The molecule has 1 aliphatic rings. The number of halogens is 1. The smallest absolute Gasteiger partial charge is 0.0517 e. The maximum Gasteiger partial charge on any atom is 0.0517 e. The van der Waals surface area contributed by atoms with Crippen molar-refractivity contribution < 1.29 is 0 Å². The highest BCUT2D eigenvalue weighted by Crippen LogP contribution is 2.39. The van der Waals surface area contributed by atoms with E-state index in [1.165, 1.54) is 35.2 Å². The van der Waals surface area contributed by atoms with E-state index in [1.807, 2.05) is 0 Å². The number of benzene rings is 2. The van der Waals surface area contributed by atoms with E-state index in [-0.39, 0.29) is 0 Å². The second-order valence-corrected chi connectivity index (χ2v) is 6.64. The van der Waals surface area contributed by atoms with Crippen LogP contribution in [0.4, 0.5) is 5.69 Å². The van der Waals surface area contributed by atoms with Crippen LogP contribution < -0.4 is 5.32 Å². The summed E-state index contributed by atoms with van der Waals surface area (Å²) in [6, 6.07) is 15.8. The molecule has 0 amide bonds. The SMILES string of the molecule is Cc1ccc(NC2CCC(C)c3ccccc32)c(Br)c1. The van der Waals surface area contributed by atoms with Crippen molar-refractivity contribution in [3.05, 3.63) is 63.6 Å². The lowest BCUT2D eigenvalue weighted by Gasteiger charge is -2.31. The zero-order valence-corrected chi connectivity index (χ0v) is 13.6. The van der Waals surface area contributed by atoms with Crippen molar-refractivity contribution >= 4 is 21.6 Å². The Balaban J connectivity index is 1.90. The third kappa shape index (κ3) is 2.62.